The van der Waals surface area contributed by atoms with E-state index in [2.05, 4.69) is 52.9 Å². The van der Waals surface area contributed by atoms with Crippen molar-refractivity contribution in [1.82, 2.24) is 9.80 Å². The van der Waals surface area contributed by atoms with E-state index in [9.17, 15) is 14.7 Å². The molecule has 2 aliphatic heterocycles. The van der Waals surface area contributed by atoms with Crippen LogP contribution in [-0.2, 0) is 16.0 Å². The molecule has 1 fully saturated rings. The normalized spacial score (nSPS) is 21.9. The van der Waals surface area contributed by atoms with Gasteiger partial charge in [-0.2, -0.15) is 0 Å². The number of carboxylic acids is 1. The predicted molar refractivity (Wildman–Crippen MR) is 157 cm³/mol. The molecule has 0 saturated carbocycles. The molecule has 0 spiro atoms. The fourth-order valence-electron chi connectivity index (χ4n) is 6.46. The van der Waals surface area contributed by atoms with Crippen molar-refractivity contribution < 1.29 is 23.9 Å². The van der Waals surface area contributed by atoms with Gasteiger partial charge in [-0.25, -0.2) is 0 Å². The van der Waals surface area contributed by atoms with Crippen molar-refractivity contribution in [3.8, 4) is 5.75 Å². The Morgan fingerprint density at radius 1 is 1.13 bits per heavy atom. The molecule has 0 aromatic heterocycles. The molecule has 3 rings (SSSR count). The zero-order valence-corrected chi connectivity index (χ0v) is 25.5. The number of aliphatic carboxylic acids is 1. The number of carbonyl (C=O) groups excluding carboxylic acids is 1. The lowest BCUT2D eigenvalue weighted by molar-refractivity contribution is -0.870. The topological polar surface area (TPSA) is 70.1 Å². The summed E-state index contributed by atoms with van der Waals surface area (Å²) in [6.07, 6.45) is 7.96. The maximum Gasteiger partial charge on any atom is 0.308 e. The fourth-order valence-corrected chi connectivity index (χ4v) is 6.46. The average Bonchev–Trinajstić information content (AvgIpc) is 3.47. The first-order chi connectivity index (χ1) is 18.5. The molecular weight excluding hydrogens is 490 g/mol. The van der Waals surface area contributed by atoms with Gasteiger partial charge in [0.05, 0.1) is 46.8 Å². The van der Waals surface area contributed by atoms with E-state index in [1.54, 1.807) is 0 Å². The molecular formula is C32H54N3O4+. The molecule has 2 aliphatic rings. The van der Waals surface area contributed by atoms with Crippen LogP contribution in [0.1, 0.15) is 82.8 Å². The van der Waals surface area contributed by atoms with Crippen LogP contribution in [0.2, 0.25) is 0 Å². The summed E-state index contributed by atoms with van der Waals surface area (Å²) in [4.78, 5) is 30.8. The maximum atomic E-state index is 13.7. The molecule has 1 aromatic carbocycles. The van der Waals surface area contributed by atoms with E-state index < -0.39 is 11.9 Å². The lowest BCUT2D eigenvalue weighted by Crippen LogP contribution is -2.45. The van der Waals surface area contributed by atoms with Gasteiger partial charge in [-0.3, -0.25) is 14.5 Å². The van der Waals surface area contributed by atoms with Gasteiger partial charge >= 0.3 is 5.97 Å². The van der Waals surface area contributed by atoms with Crippen molar-refractivity contribution in [2.45, 2.75) is 84.1 Å². The number of unbranched alkanes of at least 4 members (excludes halogenated alkanes) is 2. The minimum absolute atomic E-state index is 0.131. The van der Waals surface area contributed by atoms with Crippen molar-refractivity contribution >= 4 is 11.9 Å². The summed E-state index contributed by atoms with van der Waals surface area (Å²) in [6, 6.07) is 6.06. The molecule has 0 radical (unpaired) electrons. The number of carboxylic acid groups (broad SMARTS) is 1. The SMILES string of the molecule is CCCCN(CCCC[N+](C)(C)C)C(=O)CN1C[C@H](c2ccc3c(c2)CCO3)[C@@H](C(=O)O)[C@@H]1CC(C)CCC. The first kappa shape index (κ1) is 31.4. The summed E-state index contributed by atoms with van der Waals surface area (Å²) in [7, 11) is 6.61. The number of amides is 1. The highest BCUT2D eigenvalue weighted by atomic mass is 16.5. The highest BCUT2D eigenvalue weighted by Crippen LogP contribution is 2.42. The summed E-state index contributed by atoms with van der Waals surface area (Å²) in [5, 5.41) is 10.5. The number of hydrogen-bond donors (Lipinski definition) is 1. The Balaban J connectivity index is 1.80. The highest BCUT2D eigenvalue weighted by Gasteiger charge is 2.47. The average molecular weight is 545 g/mol. The van der Waals surface area contributed by atoms with Gasteiger partial charge in [-0.15, -0.1) is 0 Å². The molecule has 2 heterocycles. The van der Waals surface area contributed by atoms with E-state index in [1.165, 1.54) is 5.56 Å². The van der Waals surface area contributed by atoms with Gasteiger partial charge in [0.15, 0.2) is 0 Å². The van der Waals surface area contributed by atoms with E-state index in [0.717, 1.165) is 86.8 Å². The first-order valence-corrected chi connectivity index (χ1v) is 15.3. The lowest BCUT2D eigenvalue weighted by Gasteiger charge is -2.31. The molecule has 7 nitrogen and oxygen atoms in total. The van der Waals surface area contributed by atoms with Crippen LogP contribution in [0.5, 0.6) is 5.75 Å². The Morgan fingerprint density at radius 3 is 2.54 bits per heavy atom. The number of ether oxygens (including phenoxy) is 1. The summed E-state index contributed by atoms with van der Waals surface area (Å²) >= 11 is 0. The Bertz CT molecular complexity index is 944. The predicted octanol–water partition coefficient (Wildman–Crippen LogP) is 5.03. The van der Waals surface area contributed by atoms with Crippen LogP contribution in [0.4, 0.5) is 0 Å². The molecule has 0 bridgehead atoms. The van der Waals surface area contributed by atoms with Crippen molar-refractivity contribution in [3.63, 3.8) is 0 Å². The number of likely N-dealkylation sites (tertiary alicyclic amines) is 1. The number of carbonyl (C=O) groups is 2. The lowest BCUT2D eigenvalue weighted by atomic mass is 9.81. The van der Waals surface area contributed by atoms with E-state index >= 15 is 0 Å². The standard InChI is InChI=1S/C32H53N3O4/c1-7-9-16-33(17-10-11-18-35(4,5)6)30(36)23-34-22-27(25-13-14-29-26(21-25)15-19-39-29)31(32(37)38)28(34)20-24(3)12-8-2/h13-14,21,24,27-28,31H,7-12,15-20,22-23H2,1-6H3/p+1/t24?,27-,28+,31-/m1/s1. The summed E-state index contributed by atoms with van der Waals surface area (Å²) in [5.41, 5.74) is 2.24. The van der Waals surface area contributed by atoms with Crippen LogP contribution < -0.4 is 4.74 Å². The van der Waals surface area contributed by atoms with Gasteiger partial charge in [-0.1, -0.05) is 52.2 Å². The van der Waals surface area contributed by atoms with Crippen LogP contribution in [-0.4, -0.2) is 97.8 Å². The zero-order valence-electron chi connectivity index (χ0n) is 25.5. The van der Waals surface area contributed by atoms with Crippen LogP contribution in [0.3, 0.4) is 0 Å². The van der Waals surface area contributed by atoms with E-state index in [-0.39, 0.29) is 17.9 Å². The van der Waals surface area contributed by atoms with Gasteiger partial charge < -0.3 is 19.2 Å². The van der Waals surface area contributed by atoms with Gasteiger partial charge in [-0.05, 0) is 48.8 Å². The molecule has 220 valence electrons. The van der Waals surface area contributed by atoms with Gasteiger partial charge in [0.2, 0.25) is 5.91 Å². The van der Waals surface area contributed by atoms with Gasteiger partial charge in [0, 0.05) is 38.0 Å². The van der Waals surface area contributed by atoms with Gasteiger partial charge in [0.25, 0.3) is 0 Å². The van der Waals surface area contributed by atoms with Crippen molar-refractivity contribution in [2.75, 3.05) is 60.5 Å². The molecule has 1 amide bonds. The molecule has 39 heavy (non-hydrogen) atoms. The van der Waals surface area contributed by atoms with Crippen molar-refractivity contribution in [2.24, 2.45) is 11.8 Å². The molecule has 0 aliphatic carbocycles. The quantitative estimate of drug-likeness (QED) is 0.233. The van der Waals surface area contributed by atoms with Crippen LogP contribution in [0.15, 0.2) is 18.2 Å². The minimum atomic E-state index is -0.747. The smallest absolute Gasteiger partial charge is 0.308 e. The third-order valence-electron chi connectivity index (χ3n) is 8.58. The summed E-state index contributed by atoms with van der Waals surface area (Å²) in [6.45, 7) is 10.8. The van der Waals surface area contributed by atoms with Crippen molar-refractivity contribution in [1.29, 1.82) is 0 Å². The number of nitrogens with zero attached hydrogens (tertiary/aromatic N) is 3. The molecule has 7 heteroatoms. The Labute approximate surface area is 237 Å². The third-order valence-corrected chi connectivity index (χ3v) is 8.58. The monoisotopic (exact) mass is 544 g/mol. The largest absolute Gasteiger partial charge is 0.493 e. The van der Waals surface area contributed by atoms with Crippen LogP contribution in [0.25, 0.3) is 0 Å². The second-order valence-electron chi connectivity index (χ2n) is 13.0. The summed E-state index contributed by atoms with van der Waals surface area (Å²) < 4.78 is 6.64. The van der Waals surface area contributed by atoms with Crippen molar-refractivity contribution in [3.05, 3.63) is 29.3 Å². The zero-order chi connectivity index (χ0) is 28.6. The number of rotatable bonds is 16. The molecule has 1 saturated heterocycles. The molecule has 1 N–H and O–H groups in total. The van der Waals surface area contributed by atoms with Gasteiger partial charge in [0.1, 0.15) is 5.75 Å². The van der Waals surface area contributed by atoms with E-state index in [4.69, 9.17) is 4.74 Å². The van der Waals surface area contributed by atoms with Crippen LogP contribution in [0, 0.1) is 11.8 Å². The maximum absolute atomic E-state index is 13.7. The molecule has 1 aromatic rings. The second kappa shape index (κ2) is 14.5. The number of fused-ring (bicyclic) bond motifs is 1. The van der Waals surface area contributed by atoms with E-state index in [1.807, 2.05) is 17.0 Å². The minimum Gasteiger partial charge on any atom is -0.493 e. The first-order valence-electron chi connectivity index (χ1n) is 15.3. The Morgan fingerprint density at radius 2 is 1.87 bits per heavy atom. The third kappa shape index (κ3) is 8.94. The highest BCUT2D eigenvalue weighted by molar-refractivity contribution is 5.79. The Kier molecular flexibility index (Phi) is 11.7. The fraction of sp³-hybridized carbons (Fsp3) is 0.750. The molecule has 1 unspecified atom stereocenters. The molecule has 4 atom stereocenters. The Hall–Kier alpha value is -2.12. The number of quaternary nitrogens is 1. The van der Waals surface area contributed by atoms with Crippen LogP contribution >= 0.6 is 0 Å². The number of benzene rings is 1. The van der Waals surface area contributed by atoms with E-state index in [0.29, 0.717) is 25.6 Å². The number of hydrogen-bond acceptors (Lipinski definition) is 4. The summed E-state index contributed by atoms with van der Waals surface area (Å²) in [5.74, 6) is 0.0799. The second-order valence-corrected chi connectivity index (χ2v) is 13.0.